The fourth-order valence-electron chi connectivity index (χ4n) is 5.18. The number of anilines is 2. The molecule has 0 aliphatic carbocycles. The lowest BCUT2D eigenvalue weighted by molar-refractivity contribution is -0.170. The molecule has 28 nitrogen and oxygen atoms in total. The Morgan fingerprint density at radius 2 is 1.03 bits per heavy atom. The molecule has 6 heterocycles. The number of hydrogen-bond acceptors (Lipinski definition) is 16. The first-order valence-electron chi connectivity index (χ1n) is 33.8. The van der Waals surface area contributed by atoms with E-state index in [4.69, 9.17) is 92.4 Å². The first-order chi connectivity index (χ1) is 45.5. The monoisotopic (exact) mass is 1040 g/mol. The van der Waals surface area contributed by atoms with Crippen LogP contribution in [0.15, 0.2) is 37.1 Å². The van der Waals surface area contributed by atoms with E-state index in [1.54, 1.807) is 0 Å². The number of fused-ring (bicyclic) bond motifs is 2. The van der Waals surface area contributed by atoms with Crippen molar-refractivity contribution in [2.45, 2.75) is 75.4 Å². The molecule has 4 aromatic rings. The molecular weight excluding hydrogens is 953 g/mol. The minimum Gasteiger partial charge on any atom is -0.481 e. The van der Waals surface area contributed by atoms with Crippen LogP contribution in [0.5, 0.6) is 0 Å². The molecular formula is C44H56N12O16. The third-order valence-electron chi connectivity index (χ3n) is 8.43. The minimum absolute atomic E-state index is 0.210. The summed E-state index contributed by atoms with van der Waals surface area (Å²) < 4.78 is 250. The highest BCUT2D eigenvalue weighted by atomic mass is 16.4. The fraction of sp³-hybridized carbons (Fsp3) is 0.500. The highest BCUT2D eigenvalue weighted by Crippen LogP contribution is 2.30. The van der Waals surface area contributed by atoms with E-state index in [0.29, 0.717) is 0 Å². The number of amides is 2. The van der Waals surface area contributed by atoms with Gasteiger partial charge < -0.3 is 80.1 Å². The molecule has 0 spiro atoms. The van der Waals surface area contributed by atoms with Crippen molar-refractivity contribution in [1.29, 1.82) is 0 Å². The van der Waals surface area contributed by atoms with E-state index in [2.05, 4.69) is 39.6 Å². The number of aliphatic hydroxyl groups is 2. The van der Waals surface area contributed by atoms with Crippen LogP contribution in [0.3, 0.4) is 0 Å². The molecule has 0 bridgehead atoms. The van der Waals surface area contributed by atoms with Gasteiger partial charge in [-0.2, -0.15) is 0 Å². The Labute approximate surface area is 452 Å². The van der Waals surface area contributed by atoms with Crippen LogP contribution in [0.25, 0.3) is 31.8 Å². The maximum Gasteiger partial charge on any atom is 0.336 e. The number of nitrogens with zero attached hydrogens (tertiary/aromatic N) is 10. The van der Waals surface area contributed by atoms with E-state index in [1.807, 2.05) is 0 Å². The van der Waals surface area contributed by atoms with Gasteiger partial charge in [-0.15, -0.1) is 0 Å². The number of likely N-dealkylation sites (N-methyl/N-ethyl adjacent to an activating group) is 2. The number of carbonyl (C=O) groups excluding carboxylic acids is 2. The summed E-state index contributed by atoms with van der Waals surface area (Å²) in [5, 5.41) is 67.0. The van der Waals surface area contributed by atoms with E-state index in [-0.39, 0.29) is 31.9 Å². The summed E-state index contributed by atoms with van der Waals surface area (Å²) in [6.45, 7) is -20.7. The van der Waals surface area contributed by atoms with E-state index in [1.165, 1.54) is 12.4 Å². The van der Waals surface area contributed by atoms with Gasteiger partial charge in [-0.25, -0.2) is 42.7 Å². The van der Waals surface area contributed by atoms with Gasteiger partial charge >= 0.3 is 47.6 Å². The molecule has 0 aromatic carbocycles. The molecule has 2 aliphatic heterocycles. The Kier molecular flexibility index (Phi) is 9.79. The van der Waals surface area contributed by atoms with Gasteiger partial charge in [0, 0.05) is 82.5 Å². The average molecular weight is 1040 g/mol. The standard InChI is InChI=1S/2C16H20N6O.2C6H8O7/c2*1-11-5-7-22(14(23)8-17-2)9-13(11)21(3)16-12-4-6-18-15(12)19-10-20-16;2*7-3(8)1-6(13,5(11)12)2-4(9)10/h2*4,6,10-11,13H,5,7-9H2,1,3H3,(H,18,19,20);2*13H,1-2H2,(H,7,8)(H,9,10)(H,11,12)/t2*11-,13+;;/m11../s1/i2*1D3,3D3,5D2,7D2,9D2,10D,11D,13D;;. The number of H-pyrrole nitrogens is 2. The number of carboxylic acid groups (broad SMARTS) is 6. The van der Waals surface area contributed by atoms with Crippen LogP contribution in [0.2, 0.25) is 0 Å². The Balaban J connectivity index is 0.000000395. The first-order valence-corrected chi connectivity index (χ1v) is 18.8. The summed E-state index contributed by atoms with van der Waals surface area (Å²) in [6, 6.07) is -6.18. The molecule has 2 fully saturated rings. The Morgan fingerprint density at radius 1 is 0.681 bits per heavy atom. The molecule has 2 saturated heterocycles. The largest absolute Gasteiger partial charge is 0.481 e. The highest BCUT2D eigenvalue weighted by molar-refractivity contribution is 5.90. The lowest BCUT2D eigenvalue weighted by Gasteiger charge is -2.41. The Morgan fingerprint density at radius 3 is 1.31 bits per heavy atom. The predicted octanol–water partition coefficient (Wildman–Crippen LogP) is 0.604. The summed E-state index contributed by atoms with van der Waals surface area (Å²) in [7, 11) is 0. The Bertz CT molecular complexity index is 3740. The zero-order valence-corrected chi connectivity index (χ0v) is 35.9. The van der Waals surface area contributed by atoms with Crippen molar-refractivity contribution in [3.8, 4) is 0 Å². The number of aromatic nitrogens is 6. The summed E-state index contributed by atoms with van der Waals surface area (Å²) in [5.41, 5.74) is -5.90. The lowest BCUT2D eigenvalue weighted by Crippen LogP contribution is -2.53. The molecule has 0 unspecified atom stereocenters. The molecule has 4 aromatic heterocycles. The number of carboxylic acids is 6. The van der Waals surface area contributed by atoms with Crippen LogP contribution >= 0.6 is 0 Å². The van der Waals surface area contributed by atoms with Crippen LogP contribution in [0, 0.1) is 24.9 Å². The number of likely N-dealkylation sites (tertiary alicyclic amines) is 2. The predicted molar refractivity (Wildman–Crippen MR) is 250 cm³/mol. The van der Waals surface area contributed by atoms with Crippen LogP contribution in [-0.4, -0.2) is 204 Å². The molecule has 72 heavy (non-hydrogen) atoms. The fourth-order valence-corrected chi connectivity index (χ4v) is 5.18. The smallest absolute Gasteiger partial charge is 0.336 e. The number of hydrogen-bond donors (Lipinski definition) is 10. The summed E-state index contributed by atoms with van der Waals surface area (Å²) in [5.74, 6) is -24.0. The van der Waals surface area contributed by atoms with Gasteiger partial charge in [0.05, 0.1) is 56.7 Å². The number of aliphatic carboxylic acids is 6. The second kappa shape index (κ2) is 25.9. The number of piperidine rings is 2. The summed E-state index contributed by atoms with van der Waals surface area (Å²) >= 11 is 0. The molecule has 388 valence electrons. The lowest BCUT2D eigenvalue weighted by atomic mass is 9.92. The van der Waals surface area contributed by atoms with E-state index >= 15 is 0 Å². The topological polar surface area (TPSA) is 403 Å². The van der Waals surface area contributed by atoms with Crippen LogP contribution in [-0.2, 0) is 38.4 Å². The number of aromatic amines is 2. The minimum atomic E-state index is -4.29. The summed E-state index contributed by atoms with van der Waals surface area (Å²) in [6.07, 6.45) is -12.3. The molecule has 6 rings (SSSR count). The quantitative estimate of drug-likeness (QED) is 0.0687. The third kappa shape index (κ3) is 15.8. The molecule has 2 aliphatic rings. The van der Waals surface area contributed by atoms with Crippen molar-refractivity contribution in [1.82, 2.24) is 39.7 Å². The highest BCUT2D eigenvalue weighted by Gasteiger charge is 2.42. The average Bonchev–Trinajstić information content (AvgIpc) is 0.694. The van der Waals surface area contributed by atoms with Crippen molar-refractivity contribution in [2.24, 2.45) is 11.8 Å². The van der Waals surface area contributed by atoms with Crippen molar-refractivity contribution in [3.63, 3.8) is 0 Å². The SMILES string of the molecule is O=C(O)CC(O)(CC(=O)O)C(=O)O.O=C(O)CC(O)(CC(=O)O)C(=O)O.[2H]c1nc(N(C([2H])([2H])[2H])[C@@]2([2H])C([2H])([2H])N(C(=O)C[N+]#[C-])C([2H])([2H])C([2H])([2H])[C@@]2([2H])C([2H])([2H])[2H])c2cc[nH]c2n1.[2H]c1nc(N(C([2H])([2H])[2H])[C@@]2([2H])C([2H])([2H])N(C(=O)C[N+]#[C-])C([2H])([2H])C([2H])([2H])[C@@]2([2H])C([2H])([2H])[2H])c2cc[nH]c2n1. The number of carbonyl (C=O) groups is 8. The van der Waals surface area contributed by atoms with Crippen LogP contribution in [0.4, 0.5) is 11.6 Å². The second-order valence-corrected chi connectivity index (χ2v) is 13.6. The van der Waals surface area contributed by atoms with Crippen molar-refractivity contribution >= 4 is 81.3 Å². The van der Waals surface area contributed by atoms with Gasteiger partial charge in [-0.1, -0.05) is 13.7 Å². The van der Waals surface area contributed by atoms with Gasteiger partial charge in [-0.3, -0.25) is 28.8 Å². The third-order valence-corrected chi connectivity index (χ3v) is 8.43. The van der Waals surface area contributed by atoms with E-state index in [9.17, 15) is 41.1 Å². The maximum absolute atomic E-state index is 12.9. The van der Waals surface area contributed by atoms with Crippen molar-refractivity contribution < 1.29 is 120 Å². The molecule has 28 heteroatoms. The second-order valence-electron chi connectivity index (χ2n) is 13.6. The van der Waals surface area contributed by atoms with Crippen LogP contribution in [0.1, 0.15) is 93.3 Å². The molecule has 0 radical (unpaired) electrons. The zero-order valence-electron chi connectivity index (χ0n) is 65.9. The van der Waals surface area contributed by atoms with Gasteiger partial charge in [0.2, 0.25) is 0 Å². The Hall–Kier alpha value is -8.50. The molecule has 2 amide bonds. The number of rotatable bonds is 16. The number of nitrogens with one attached hydrogen (secondary N) is 2. The molecule has 0 saturated carbocycles. The zero-order chi connectivity index (χ0) is 80.3. The maximum atomic E-state index is 12.9. The molecule has 10 N–H and O–H groups in total. The summed E-state index contributed by atoms with van der Waals surface area (Å²) in [4.78, 5) is 110. The first kappa shape index (κ1) is 27.2. The van der Waals surface area contributed by atoms with Gasteiger partial charge in [0.15, 0.2) is 11.2 Å². The molecule has 4 atom stereocenters. The van der Waals surface area contributed by atoms with Crippen LogP contribution < -0.4 is 9.80 Å². The van der Waals surface area contributed by atoms with E-state index in [0.717, 1.165) is 12.1 Å². The van der Waals surface area contributed by atoms with E-state index < -0.39 is 222 Å². The van der Waals surface area contributed by atoms with Crippen molar-refractivity contribution in [3.05, 3.63) is 60.0 Å². The van der Waals surface area contributed by atoms with Crippen molar-refractivity contribution in [2.75, 3.05) is 62.8 Å². The van der Waals surface area contributed by atoms with Gasteiger partial charge in [0.1, 0.15) is 38.3 Å². The van der Waals surface area contributed by atoms with Gasteiger partial charge in [0.25, 0.3) is 13.1 Å². The van der Waals surface area contributed by atoms with Gasteiger partial charge in [-0.05, 0) is 36.7 Å². The normalized spacial score (nSPS) is 32.6.